The van der Waals surface area contributed by atoms with Crippen LogP contribution < -0.4 is 10.6 Å². The molecule has 0 spiro atoms. The fourth-order valence-corrected chi connectivity index (χ4v) is 1.82. The van der Waals surface area contributed by atoms with Crippen molar-refractivity contribution in [3.8, 4) is 0 Å². The Kier molecular flexibility index (Phi) is 7.61. The zero-order valence-electron chi connectivity index (χ0n) is 16.2. The van der Waals surface area contributed by atoms with Crippen LogP contribution in [0.4, 0.5) is 10.5 Å². The Morgan fingerprint density at radius 1 is 1.12 bits per heavy atom. The Labute approximate surface area is 154 Å². The summed E-state index contributed by atoms with van der Waals surface area (Å²) >= 11 is 0. The number of amides is 2. The first-order chi connectivity index (χ1) is 12.0. The molecule has 2 N–H and O–H groups in total. The molecule has 0 unspecified atom stereocenters. The molecule has 0 saturated carbocycles. The van der Waals surface area contributed by atoms with Crippen LogP contribution in [0.5, 0.6) is 0 Å². The minimum absolute atomic E-state index is 0.0115. The Morgan fingerprint density at radius 3 is 2.35 bits per heavy atom. The molecule has 26 heavy (non-hydrogen) atoms. The van der Waals surface area contributed by atoms with Gasteiger partial charge in [0.15, 0.2) is 6.61 Å². The number of ether oxygens (including phenoxy) is 2. The highest BCUT2D eigenvalue weighted by Gasteiger charge is 2.17. The van der Waals surface area contributed by atoms with E-state index in [2.05, 4.69) is 10.6 Å². The Balaban J connectivity index is 2.60. The van der Waals surface area contributed by atoms with Crippen LogP contribution in [0, 0.1) is 5.92 Å². The first kappa shape index (κ1) is 21.5. The summed E-state index contributed by atoms with van der Waals surface area (Å²) < 4.78 is 10.2. The molecular formula is C19H28N2O5. The average Bonchev–Trinajstić information content (AvgIpc) is 2.50. The first-order valence-corrected chi connectivity index (χ1v) is 8.54. The summed E-state index contributed by atoms with van der Waals surface area (Å²) in [5.41, 5.74) is -0.00367. The predicted molar refractivity (Wildman–Crippen MR) is 99.0 cm³/mol. The average molecular weight is 364 g/mol. The van der Waals surface area contributed by atoms with Gasteiger partial charge in [-0.15, -0.1) is 0 Å². The van der Waals surface area contributed by atoms with E-state index in [1.807, 2.05) is 20.8 Å². The molecule has 0 aliphatic rings. The highest BCUT2D eigenvalue weighted by molar-refractivity contribution is 5.93. The van der Waals surface area contributed by atoms with Crippen LogP contribution in [0.1, 0.15) is 51.9 Å². The maximum atomic E-state index is 12.1. The van der Waals surface area contributed by atoms with Crippen molar-refractivity contribution in [3.63, 3.8) is 0 Å². The van der Waals surface area contributed by atoms with E-state index in [-0.39, 0.29) is 30.0 Å². The molecule has 2 amide bonds. The van der Waals surface area contributed by atoms with E-state index < -0.39 is 17.7 Å². The van der Waals surface area contributed by atoms with Gasteiger partial charge in [0.05, 0.1) is 5.56 Å². The van der Waals surface area contributed by atoms with Crippen molar-refractivity contribution in [2.24, 2.45) is 5.92 Å². The maximum absolute atomic E-state index is 12.1. The Morgan fingerprint density at radius 2 is 1.77 bits per heavy atom. The zero-order valence-corrected chi connectivity index (χ0v) is 16.2. The molecule has 7 heteroatoms. The van der Waals surface area contributed by atoms with Gasteiger partial charge in [0.1, 0.15) is 5.60 Å². The smallest absolute Gasteiger partial charge is 0.412 e. The maximum Gasteiger partial charge on any atom is 0.412 e. The molecule has 1 rings (SSSR count). The number of hydrogen-bond donors (Lipinski definition) is 2. The summed E-state index contributed by atoms with van der Waals surface area (Å²) in [6.45, 7) is 10.8. The van der Waals surface area contributed by atoms with Crippen LogP contribution in [-0.4, -0.2) is 36.2 Å². The van der Waals surface area contributed by atoms with Crippen molar-refractivity contribution in [2.45, 2.75) is 53.2 Å². The van der Waals surface area contributed by atoms with Crippen LogP contribution >= 0.6 is 0 Å². The SMILES string of the molecule is CC(C)[C@@H](C)NC(=O)COC(=O)c1cccc(NC(=O)OC(C)(C)C)c1. The lowest BCUT2D eigenvalue weighted by atomic mass is 10.1. The van der Waals surface area contributed by atoms with Gasteiger partial charge < -0.3 is 14.8 Å². The van der Waals surface area contributed by atoms with E-state index in [0.29, 0.717) is 5.69 Å². The molecule has 0 aromatic heterocycles. The summed E-state index contributed by atoms with van der Waals surface area (Å²) in [7, 11) is 0. The van der Waals surface area contributed by atoms with Gasteiger partial charge in [0.2, 0.25) is 0 Å². The molecule has 7 nitrogen and oxygen atoms in total. The van der Waals surface area contributed by atoms with Crippen LogP contribution in [0.25, 0.3) is 0 Å². The van der Waals surface area contributed by atoms with Crippen LogP contribution in [-0.2, 0) is 14.3 Å². The van der Waals surface area contributed by atoms with Crippen LogP contribution in [0.3, 0.4) is 0 Å². The molecule has 0 aliphatic carbocycles. The van der Waals surface area contributed by atoms with Gasteiger partial charge in [0.25, 0.3) is 5.91 Å². The summed E-state index contributed by atoms with van der Waals surface area (Å²) in [5.74, 6) is -0.724. The van der Waals surface area contributed by atoms with E-state index in [0.717, 1.165) is 0 Å². The van der Waals surface area contributed by atoms with Gasteiger partial charge >= 0.3 is 12.1 Å². The summed E-state index contributed by atoms with van der Waals surface area (Å²) in [6.07, 6.45) is -0.620. The van der Waals surface area contributed by atoms with Gasteiger partial charge in [0, 0.05) is 11.7 Å². The topological polar surface area (TPSA) is 93.7 Å². The second-order valence-corrected chi connectivity index (χ2v) is 7.38. The number of nitrogens with one attached hydrogen (secondary N) is 2. The third-order valence-electron chi connectivity index (χ3n) is 3.47. The minimum Gasteiger partial charge on any atom is -0.452 e. The third-order valence-corrected chi connectivity index (χ3v) is 3.47. The van der Waals surface area contributed by atoms with Crippen molar-refractivity contribution in [3.05, 3.63) is 29.8 Å². The molecule has 0 saturated heterocycles. The minimum atomic E-state index is -0.648. The monoisotopic (exact) mass is 364 g/mol. The molecule has 0 fully saturated rings. The molecule has 0 bridgehead atoms. The Hall–Kier alpha value is -2.57. The summed E-state index contributed by atoms with van der Waals surface area (Å²) in [5, 5.41) is 5.30. The van der Waals surface area contributed by atoms with Crippen LogP contribution in [0.15, 0.2) is 24.3 Å². The van der Waals surface area contributed by atoms with Crippen molar-refractivity contribution in [2.75, 3.05) is 11.9 Å². The number of rotatable bonds is 6. The van der Waals surface area contributed by atoms with Gasteiger partial charge in [-0.05, 0) is 51.8 Å². The van der Waals surface area contributed by atoms with Gasteiger partial charge in [-0.2, -0.15) is 0 Å². The van der Waals surface area contributed by atoms with Crippen molar-refractivity contribution in [1.82, 2.24) is 5.32 Å². The molecule has 1 aromatic carbocycles. The highest BCUT2D eigenvalue weighted by Crippen LogP contribution is 2.14. The number of benzene rings is 1. The number of hydrogen-bond acceptors (Lipinski definition) is 5. The number of anilines is 1. The van der Waals surface area contributed by atoms with Crippen LogP contribution in [0.2, 0.25) is 0 Å². The standard InChI is InChI=1S/C19H28N2O5/c1-12(2)13(3)20-16(22)11-25-17(23)14-8-7-9-15(10-14)21-18(24)26-19(4,5)6/h7-10,12-13H,11H2,1-6H3,(H,20,22)(H,21,24)/t13-/m1/s1. The third kappa shape index (κ3) is 8.00. The van der Waals surface area contributed by atoms with Gasteiger partial charge in [-0.1, -0.05) is 19.9 Å². The number of carbonyl (C=O) groups excluding carboxylic acids is 3. The molecule has 0 aliphatic heterocycles. The quantitative estimate of drug-likeness (QED) is 0.755. The van der Waals surface area contributed by atoms with Crippen molar-refractivity contribution >= 4 is 23.7 Å². The fraction of sp³-hybridized carbons (Fsp3) is 0.526. The lowest BCUT2D eigenvalue weighted by Crippen LogP contribution is -2.38. The highest BCUT2D eigenvalue weighted by atomic mass is 16.6. The molecule has 1 aromatic rings. The van der Waals surface area contributed by atoms with Crippen molar-refractivity contribution in [1.29, 1.82) is 0 Å². The lowest BCUT2D eigenvalue weighted by molar-refractivity contribution is -0.125. The van der Waals surface area contributed by atoms with E-state index >= 15 is 0 Å². The molecular weight excluding hydrogens is 336 g/mol. The number of esters is 1. The summed E-state index contributed by atoms with van der Waals surface area (Å²) in [6, 6.07) is 6.21. The molecule has 144 valence electrons. The molecule has 1 atom stereocenters. The normalized spacial score (nSPS) is 12.3. The first-order valence-electron chi connectivity index (χ1n) is 8.54. The lowest BCUT2D eigenvalue weighted by Gasteiger charge is -2.19. The summed E-state index contributed by atoms with van der Waals surface area (Å²) in [4.78, 5) is 35.6. The predicted octanol–water partition coefficient (Wildman–Crippen LogP) is 3.35. The van der Waals surface area contributed by atoms with E-state index in [9.17, 15) is 14.4 Å². The van der Waals surface area contributed by atoms with E-state index in [1.54, 1.807) is 32.9 Å². The number of carbonyl (C=O) groups is 3. The van der Waals surface area contributed by atoms with E-state index in [1.165, 1.54) is 12.1 Å². The molecule has 0 radical (unpaired) electrons. The van der Waals surface area contributed by atoms with E-state index in [4.69, 9.17) is 9.47 Å². The second kappa shape index (κ2) is 9.22. The zero-order chi connectivity index (χ0) is 19.9. The largest absolute Gasteiger partial charge is 0.452 e. The Bertz CT molecular complexity index is 650. The van der Waals surface area contributed by atoms with Gasteiger partial charge in [-0.3, -0.25) is 10.1 Å². The fourth-order valence-electron chi connectivity index (χ4n) is 1.82. The molecule has 0 heterocycles. The second-order valence-electron chi connectivity index (χ2n) is 7.38. The van der Waals surface area contributed by atoms with Gasteiger partial charge in [-0.25, -0.2) is 9.59 Å². The van der Waals surface area contributed by atoms with Crippen molar-refractivity contribution < 1.29 is 23.9 Å².